The van der Waals surface area contributed by atoms with Crippen molar-refractivity contribution < 1.29 is 13.9 Å². The van der Waals surface area contributed by atoms with Crippen LogP contribution in [-0.4, -0.2) is 22.7 Å². The zero-order valence-electron chi connectivity index (χ0n) is 11.6. The Hall–Kier alpha value is -2.37. The SMILES string of the molecule is COc1cnn(C(C)C)c1C(=O)c1cccc(F)c1N. The summed E-state index contributed by atoms with van der Waals surface area (Å²) >= 11 is 0. The Morgan fingerprint density at radius 2 is 2.15 bits per heavy atom. The van der Waals surface area contributed by atoms with Crippen LogP contribution >= 0.6 is 0 Å². The van der Waals surface area contributed by atoms with E-state index in [1.165, 1.54) is 36.2 Å². The number of hydrogen-bond acceptors (Lipinski definition) is 4. The molecule has 0 spiro atoms. The van der Waals surface area contributed by atoms with Gasteiger partial charge in [0.1, 0.15) is 5.82 Å². The molecule has 0 aliphatic carbocycles. The summed E-state index contributed by atoms with van der Waals surface area (Å²) < 4.78 is 20.2. The molecule has 5 nitrogen and oxygen atoms in total. The molecule has 0 saturated heterocycles. The number of nitrogens with zero attached hydrogens (tertiary/aromatic N) is 2. The molecule has 0 atom stereocenters. The van der Waals surface area contributed by atoms with Gasteiger partial charge >= 0.3 is 0 Å². The number of nitrogens with two attached hydrogens (primary N) is 1. The van der Waals surface area contributed by atoms with Crippen LogP contribution in [0, 0.1) is 5.82 Å². The molecule has 0 aliphatic rings. The van der Waals surface area contributed by atoms with Crippen LogP contribution in [0.4, 0.5) is 10.1 Å². The standard InChI is InChI=1S/C14H16FN3O2/c1-8(2)18-13(11(20-3)7-17-18)14(19)9-5-4-6-10(15)12(9)16/h4-8H,16H2,1-3H3. The average Bonchev–Trinajstić information content (AvgIpc) is 2.85. The first-order valence-electron chi connectivity index (χ1n) is 6.17. The molecule has 0 aliphatic heterocycles. The summed E-state index contributed by atoms with van der Waals surface area (Å²) in [5.74, 6) is -0.692. The van der Waals surface area contributed by atoms with Crippen LogP contribution in [0.2, 0.25) is 0 Å². The number of anilines is 1. The number of para-hydroxylation sites is 1. The number of carbonyl (C=O) groups excluding carboxylic acids is 1. The number of halogens is 1. The van der Waals surface area contributed by atoms with Gasteiger partial charge in [0.25, 0.3) is 0 Å². The number of methoxy groups -OCH3 is 1. The second-order valence-corrected chi connectivity index (χ2v) is 4.63. The van der Waals surface area contributed by atoms with Gasteiger partial charge in [-0.2, -0.15) is 5.10 Å². The summed E-state index contributed by atoms with van der Waals surface area (Å²) in [7, 11) is 1.45. The van der Waals surface area contributed by atoms with Crippen LogP contribution in [0.25, 0.3) is 0 Å². The molecule has 6 heteroatoms. The molecule has 0 fully saturated rings. The lowest BCUT2D eigenvalue weighted by molar-refractivity contribution is 0.102. The summed E-state index contributed by atoms with van der Waals surface area (Å²) in [6.45, 7) is 3.77. The Morgan fingerprint density at radius 3 is 2.75 bits per heavy atom. The van der Waals surface area contributed by atoms with Gasteiger partial charge in [-0.3, -0.25) is 9.48 Å². The van der Waals surface area contributed by atoms with Crippen molar-refractivity contribution in [2.75, 3.05) is 12.8 Å². The lowest BCUT2D eigenvalue weighted by Crippen LogP contribution is -2.16. The zero-order chi connectivity index (χ0) is 14.9. The molecule has 20 heavy (non-hydrogen) atoms. The highest BCUT2D eigenvalue weighted by atomic mass is 19.1. The summed E-state index contributed by atoms with van der Waals surface area (Å²) in [5, 5.41) is 4.12. The van der Waals surface area contributed by atoms with Crippen molar-refractivity contribution in [3.63, 3.8) is 0 Å². The van der Waals surface area contributed by atoms with Gasteiger partial charge in [-0.1, -0.05) is 6.07 Å². The zero-order valence-corrected chi connectivity index (χ0v) is 11.6. The maximum absolute atomic E-state index is 13.5. The normalized spacial score (nSPS) is 10.8. The number of benzene rings is 1. The fraction of sp³-hybridized carbons (Fsp3) is 0.286. The van der Waals surface area contributed by atoms with E-state index in [0.29, 0.717) is 5.75 Å². The van der Waals surface area contributed by atoms with Gasteiger partial charge in [0, 0.05) is 6.04 Å². The van der Waals surface area contributed by atoms with E-state index in [4.69, 9.17) is 10.5 Å². The molecule has 1 aromatic heterocycles. The molecular weight excluding hydrogens is 261 g/mol. The van der Waals surface area contributed by atoms with E-state index in [1.807, 2.05) is 13.8 Å². The number of aromatic nitrogens is 2. The van der Waals surface area contributed by atoms with E-state index >= 15 is 0 Å². The Bertz CT molecular complexity index is 650. The topological polar surface area (TPSA) is 70.1 Å². The number of carbonyl (C=O) groups is 1. The summed E-state index contributed by atoms with van der Waals surface area (Å²) in [6, 6.07) is 4.11. The van der Waals surface area contributed by atoms with Crippen molar-refractivity contribution in [1.29, 1.82) is 0 Å². The highest BCUT2D eigenvalue weighted by Gasteiger charge is 2.24. The summed E-state index contributed by atoms with van der Waals surface area (Å²) in [4.78, 5) is 12.6. The van der Waals surface area contributed by atoms with Gasteiger partial charge in [0.05, 0.1) is 24.6 Å². The third-order valence-electron chi connectivity index (χ3n) is 2.98. The fourth-order valence-corrected chi connectivity index (χ4v) is 1.97. The number of hydrogen-bond donors (Lipinski definition) is 1. The van der Waals surface area contributed by atoms with Gasteiger partial charge in [-0.25, -0.2) is 4.39 Å². The molecule has 2 rings (SSSR count). The summed E-state index contributed by atoms with van der Waals surface area (Å²) in [5.41, 5.74) is 5.84. The van der Waals surface area contributed by atoms with Gasteiger partial charge in [-0.15, -0.1) is 0 Å². The van der Waals surface area contributed by atoms with Crippen molar-refractivity contribution in [2.24, 2.45) is 0 Å². The lowest BCUT2D eigenvalue weighted by Gasteiger charge is -2.12. The molecule has 2 N–H and O–H groups in total. The second kappa shape index (κ2) is 5.32. The first kappa shape index (κ1) is 14.0. The number of rotatable bonds is 4. The van der Waals surface area contributed by atoms with Crippen molar-refractivity contribution in [3.05, 3.63) is 41.5 Å². The Balaban J connectivity index is 2.58. The predicted octanol–water partition coefficient (Wildman–Crippen LogP) is 2.42. The molecule has 0 saturated carbocycles. The third-order valence-corrected chi connectivity index (χ3v) is 2.98. The monoisotopic (exact) mass is 277 g/mol. The first-order chi connectivity index (χ1) is 9.47. The smallest absolute Gasteiger partial charge is 0.217 e. The van der Waals surface area contributed by atoms with E-state index in [9.17, 15) is 9.18 Å². The fourth-order valence-electron chi connectivity index (χ4n) is 1.97. The number of ether oxygens (including phenoxy) is 1. The van der Waals surface area contributed by atoms with Gasteiger partial charge < -0.3 is 10.5 Å². The lowest BCUT2D eigenvalue weighted by atomic mass is 10.1. The minimum atomic E-state index is -0.620. The maximum atomic E-state index is 13.5. The highest BCUT2D eigenvalue weighted by molar-refractivity contribution is 6.12. The van der Waals surface area contributed by atoms with Gasteiger partial charge in [0.15, 0.2) is 11.4 Å². The second-order valence-electron chi connectivity index (χ2n) is 4.63. The first-order valence-corrected chi connectivity index (χ1v) is 6.17. The predicted molar refractivity (Wildman–Crippen MR) is 73.4 cm³/mol. The molecule has 0 unspecified atom stereocenters. The Morgan fingerprint density at radius 1 is 1.45 bits per heavy atom. The molecule has 106 valence electrons. The highest BCUT2D eigenvalue weighted by Crippen LogP contribution is 2.27. The minimum Gasteiger partial charge on any atom is -0.493 e. The number of nitrogen functional groups attached to an aromatic ring is 1. The van der Waals surface area contributed by atoms with Crippen molar-refractivity contribution in [3.8, 4) is 5.75 Å². The molecular formula is C14H16FN3O2. The molecule has 0 amide bonds. The summed E-state index contributed by atoms with van der Waals surface area (Å²) in [6.07, 6.45) is 1.46. The van der Waals surface area contributed by atoms with E-state index in [2.05, 4.69) is 5.10 Å². The van der Waals surface area contributed by atoms with Crippen LogP contribution in [0.15, 0.2) is 24.4 Å². The van der Waals surface area contributed by atoms with Crippen LogP contribution in [0.1, 0.15) is 35.9 Å². The minimum absolute atomic E-state index is 0.0346. The van der Waals surface area contributed by atoms with Crippen molar-refractivity contribution in [2.45, 2.75) is 19.9 Å². The van der Waals surface area contributed by atoms with Crippen LogP contribution in [0.5, 0.6) is 5.75 Å². The molecule has 1 heterocycles. The van der Waals surface area contributed by atoms with E-state index < -0.39 is 11.6 Å². The van der Waals surface area contributed by atoms with Gasteiger partial charge in [0.2, 0.25) is 5.78 Å². The van der Waals surface area contributed by atoms with Crippen molar-refractivity contribution in [1.82, 2.24) is 9.78 Å². The van der Waals surface area contributed by atoms with E-state index in [1.54, 1.807) is 0 Å². The molecule has 0 radical (unpaired) electrons. The van der Waals surface area contributed by atoms with E-state index in [0.717, 1.165) is 0 Å². The quantitative estimate of drug-likeness (QED) is 0.688. The van der Waals surface area contributed by atoms with Crippen LogP contribution in [0.3, 0.4) is 0 Å². The van der Waals surface area contributed by atoms with Crippen molar-refractivity contribution >= 4 is 11.5 Å². The Kier molecular flexibility index (Phi) is 3.74. The third kappa shape index (κ3) is 2.24. The Labute approximate surface area is 116 Å². The van der Waals surface area contributed by atoms with E-state index in [-0.39, 0.29) is 23.0 Å². The number of ketones is 1. The van der Waals surface area contributed by atoms with Crippen LogP contribution < -0.4 is 10.5 Å². The molecule has 0 bridgehead atoms. The maximum Gasteiger partial charge on any atom is 0.217 e. The molecule has 2 aromatic rings. The average molecular weight is 277 g/mol. The largest absolute Gasteiger partial charge is 0.493 e. The van der Waals surface area contributed by atoms with Crippen LogP contribution in [-0.2, 0) is 0 Å². The van der Waals surface area contributed by atoms with Gasteiger partial charge in [-0.05, 0) is 26.0 Å². The molecule has 1 aromatic carbocycles.